The minimum atomic E-state index is 0.769. The predicted octanol–water partition coefficient (Wildman–Crippen LogP) is 3.93. The van der Waals surface area contributed by atoms with Crippen molar-refractivity contribution in [1.29, 1.82) is 0 Å². The van der Waals surface area contributed by atoms with Crippen molar-refractivity contribution in [1.82, 2.24) is 0 Å². The second-order valence-corrected chi connectivity index (χ2v) is 4.53. The predicted molar refractivity (Wildman–Crippen MR) is 67.5 cm³/mol. The molecule has 0 aromatic heterocycles. The third-order valence-electron chi connectivity index (χ3n) is 1.51. The van der Waals surface area contributed by atoms with Crippen LogP contribution >= 0.6 is 34.2 Å². The number of benzene rings is 1. The van der Waals surface area contributed by atoms with Crippen molar-refractivity contribution in [2.24, 2.45) is 0 Å². The Morgan fingerprint density at radius 2 is 2.31 bits per heavy atom. The number of nitrogens with one attached hydrogen (secondary N) is 1. The Labute approximate surface area is 97.3 Å². The van der Waals surface area contributed by atoms with Crippen LogP contribution in [0.25, 0.3) is 0 Å². The maximum Gasteiger partial charge on any atom is 0.0479 e. The summed E-state index contributed by atoms with van der Waals surface area (Å²) in [5.41, 5.74) is 2.22. The van der Waals surface area contributed by atoms with Crippen molar-refractivity contribution in [3.8, 4) is 0 Å². The molecule has 1 aromatic carbocycles. The third-order valence-corrected chi connectivity index (χ3v) is 2.64. The van der Waals surface area contributed by atoms with Gasteiger partial charge in [-0.25, -0.2) is 0 Å². The van der Waals surface area contributed by atoms with E-state index in [9.17, 15) is 0 Å². The normalized spacial score (nSPS) is 9.77. The average Bonchev–Trinajstić information content (AvgIpc) is 2.02. The largest absolute Gasteiger partial charge is 0.380 e. The van der Waals surface area contributed by atoms with E-state index in [-0.39, 0.29) is 0 Å². The van der Waals surface area contributed by atoms with Gasteiger partial charge in [0, 0.05) is 20.8 Å². The Morgan fingerprint density at radius 1 is 1.62 bits per heavy atom. The van der Waals surface area contributed by atoms with Crippen molar-refractivity contribution in [3.05, 3.63) is 38.9 Å². The summed E-state index contributed by atoms with van der Waals surface area (Å²) in [6, 6.07) is 5.79. The molecule has 0 heterocycles. The molecule has 13 heavy (non-hydrogen) atoms. The molecule has 0 radical (unpaired) electrons. The fourth-order valence-corrected chi connectivity index (χ4v) is 1.94. The van der Waals surface area contributed by atoms with Gasteiger partial charge < -0.3 is 5.32 Å². The first-order valence-electron chi connectivity index (χ1n) is 3.93. The highest BCUT2D eigenvalue weighted by molar-refractivity contribution is 14.1. The Kier molecular flexibility index (Phi) is 4.06. The van der Waals surface area contributed by atoms with E-state index in [1.165, 1.54) is 0 Å². The molecular weight excluding hydrogens is 296 g/mol. The highest BCUT2D eigenvalue weighted by Gasteiger charge is 1.98. The summed E-state index contributed by atoms with van der Waals surface area (Å²) < 4.78 is 1.13. The summed E-state index contributed by atoms with van der Waals surface area (Å²) in [6.45, 7) is 6.63. The van der Waals surface area contributed by atoms with E-state index in [2.05, 4.69) is 34.5 Å². The molecule has 0 unspecified atom stereocenters. The van der Waals surface area contributed by atoms with Crippen LogP contribution in [-0.4, -0.2) is 6.54 Å². The molecule has 1 nitrogen and oxygen atoms in total. The highest BCUT2D eigenvalue weighted by atomic mass is 127. The zero-order valence-electron chi connectivity index (χ0n) is 7.40. The van der Waals surface area contributed by atoms with Crippen molar-refractivity contribution in [2.45, 2.75) is 6.92 Å². The fourth-order valence-electron chi connectivity index (χ4n) is 0.879. The fraction of sp³-hybridized carbons (Fsp3) is 0.200. The number of rotatable bonds is 3. The van der Waals surface area contributed by atoms with E-state index in [1.54, 1.807) is 0 Å². The van der Waals surface area contributed by atoms with Crippen LogP contribution in [0.1, 0.15) is 6.92 Å². The second-order valence-electron chi connectivity index (χ2n) is 2.93. The lowest BCUT2D eigenvalue weighted by Gasteiger charge is -2.08. The summed E-state index contributed by atoms with van der Waals surface area (Å²) in [4.78, 5) is 0. The van der Waals surface area contributed by atoms with Crippen LogP contribution < -0.4 is 5.32 Å². The van der Waals surface area contributed by atoms with Gasteiger partial charge in [0.05, 0.1) is 0 Å². The first kappa shape index (κ1) is 10.9. The van der Waals surface area contributed by atoms with Crippen molar-refractivity contribution >= 4 is 39.9 Å². The summed E-state index contributed by atoms with van der Waals surface area (Å²) in [7, 11) is 0. The van der Waals surface area contributed by atoms with Crippen LogP contribution in [0.3, 0.4) is 0 Å². The first-order valence-corrected chi connectivity index (χ1v) is 5.38. The Morgan fingerprint density at radius 3 is 2.85 bits per heavy atom. The smallest absolute Gasteiger partial charge is 0.0479 e. The van der Waals surface area contributed by atoms with Crippen molar-refractivity contribution in [2.75, 3.05) is 11.9 Å². The molecule has 1 rings (SSSR count). The maximum absolute atomic E-state index is 5.83. The lowest BCUT2D eigenvalue weighted by atomic mass is 10.3. The van der Waals surface area contributed by atoms with Crippen molar-refractivity contribution in [3.63, 3.8) is 0 Å². The first-order chi connectivity index (χ1) is 6.09. The third kappa shape index (κ3) is 3.56. The molecule has 0 bridgehead atoms. The quantitative estimate of drug-likeness (QED) is 0.659. The van der Waals surface area contributed by atoms with Gasteiger partial charge in [0.2, 0.25) is 0 Å². The van der Waals surface area contributed by atoms with Gasteiger partial charge in [-0.15, -0.1) is 0 Å². The van der Waals surface area contributed by atoms with Gasteiger partial charge in [-0.3, -0.25) is 0 Å². The van der Waals surface area contributed by atoms with E-state index >= 15 is 0 Å². The van der Waals surface area contributed by atoms with Gasteiger partial charge >= 0.3 is 0 Å². The molecule has 0 aliphatic heterocycles. The van der Waals surface area contributed by atoms with E-state index < -0.39 is 0 Å². The van der Waals surface area contributed by atoms with Crippen LogP contribution in [0.4, 0.5) is 5.69 Å². The minimum absolute atomic E-state index is 0.769. The Bertz CT molecular complexity index is 323. The Hall–Kier alpha value is -0.220. The van der Waals surface area contributed by atoms with Gasteiger partial charge in [-0.05, 0) is 47.7 Å². The van der Waals surface area contributed by atoms with Gasteiger partial charge in [-0.1, -0.05) is 23.8 Å². The highest BCUT2D eigenvalue weighted by Crippen LogP contribution is 2.22. The molecule has 0 saturated heterocycles. The molecule has 1 aromatic rings. The molecule has 0 spiro atoms. The van der Waals surface area contributed by atoms with Crippen LogP contribution in [0.15, 0.2) is 30.4 Å². The van der Waals surface area contributed by atoms with E-state index in [1.807, 2.05) is 25.1 Å². The molecule has 0 fully saturated rings. The van der Waals surface area contributed by atoms with E-state index in [0.717, 1.165) is 26.4 Å². The number of hydrogen-bond acceptors (Lipinski definition) is 1. The minimum Gasteiger partial charge on any atom is -0.380 e. The van der Waals surface area contributed by atoms with Gasteiger partial charge in [0.1, 0.15) is 0 Å². The number of halogens is 2. The lowest BCUT2D eigenvalue weighted by Crippen LogP contribution is -2.02. The monoisotopic (exact) mass is 307 g/mol. The van der Waals surface area contributed by atoms with Crippen LogP contribution in [-0.2, 0) is 0 Å². The summed E-state index contributed by atoms with van der Waals surface area (Å²) in [6.07, 6.45) is 0. The van der Waals surface area contributed by atoms with Gasteiger partial charge in [-0.2, -0.15) is 0 Å². The molecule has 0 aliphatic carbocycles. The maximum atomic E-state index is 5.83. The molecule has 0 saturated carbocycles. The van der Waals surface area contributed by atoms with E-state index in [4.69, 9.17) is 11.6 Å². The summed E-state index contributed by atoms with van der Waals surface area (Å²) in [5, 5.41) is 4.04. The van der Waals surface area contributed by atoms with E-state index in [0.29, 0.717) is 0 Å². The molecule has 0 atom stereocenters. The molecule has 0 amide bonds. The number of anilines is 1. The SMILES string of the molecule is C=C(C)CNc1ccc(Cl)cc1I. The molecule has 3 heteroatoms. The van der Waals surface area contributed by atoms with Crippen molar-refractivity contribution < 1.29 is 0 Å². The number of hydrogen-bond donors (Lipinski definition) is 1. The Balaban J connectivity index is 2.72. The van der Waals surface area contributed by atoms with Crippen LogP contribution in [0.5, 0.6) is 0 Å². The molecule has 0 aliphatic rings. The molecule has 70 valence electrons. The standard InChI is InChI=1S/C10H11ClIN/c1-7(2)6-13-10-4-3-8(11)5-9(10)12/h3-5,13H,1,6H2,2H3. The summed E-state index contributed by atoms with van der Waals surface area (Å²) in [5.74, 6) is 0. The zero-order chi connectivity index (χ0) is 9.84. The van der Waals surface area contributed by atoms with Crippen LogP contribution in [0, 0.1) is 3.57 Å². The zero-order valence-corrected chi connectivity index (χ0v) is 10.3. The average molecular weight is 308 g/mol. The summed E-state index contributed by atoms with van der Waals surface area (Å²) >= 11 is 8.09. The molecule has 1 N–H and O–H groups in total. The van der Waals surface area contributed by atoms with Gasteiger partial charge in [0.25, 0.3) is 0 Å². The second kappa shape index (κ2) is 4.86. The molecular formula is C10H11ClIN. The van der Waals surface area contributed by atoms with Crippen LogP contribution in [0.2, 0.25) is 5.02 Å². The topological polar surface area (TPSA) is 12.0 Å². The van der Waals surface area contributed by atoms with Gasteiger partial charge in [0.15, 0.2) is 0 Å². The lowest BCUT2D eigenvalue weighted by molar-refractivity contribution is 1.21.